The molecule has 0 spiro atoms. The van der Waals surface area contributed by atoms with Gasteiger partial charge in [0.2, 0.25) is 0 Å². The highest BCUT2D eigenvalue weighted by Gasteiger charge is 2.24. The van der Waals surface area contributed by atoms with Crippen LogP contribution >= 0.6 is 0 Å². The molecule has 2 aromatic heterocycles. The van der Waals surface area contributed by atoms with Crippen LogP contribution in [0.15, 0.2) is 48.6 Å². The molecule has 1 aromatic carbocycles. The largest absolute Gasteiger partial charge is 0.382 e. The number of hydrogen-bond acceptors (Lipinski definition) is 5. The van der Waals surface area contributed by atoms with Gasteiger partial charge in [0, 0.05) is 12.1 Å². The standard InChI is InChI=1S/C18H19N5O/c19-17-16-18(21-11-20-17)23(12-22-16)8-14-6-7-15(14)10-24-9-13-4-2-1-3-5-13/h1-5,8,11-12,15H,6-7,9-10H2,(H2,19,20,21)/b14-8+. The molecule has 0 saturated heterocycles. The fourth-order valence-corrected chi connectivity index (χ4v) is 2.91. The van der Waals surface area contributed by atoms with Gasteiger partial charge in [0.1, 0.15) is 12.7 Å². The topological polar surface area (TPSA) is 78.9 Å². The number of aromatic nitrogens is 4. The van der Waals surface area contributed by atoms with Gasteiger partial charge < -0.3 is 10.5 Å². The third-order valence-electron chi connectivity index (χ3n) is 4.43. The molecule has 2 heterocycles. The Morgan fingerprint density at radius 3 is 2.88 bits per heavy atom. The summed E-state index contributed by atoms with van der Waals surface area (Å²) in [5, 5.41) is 0. The van der Waals surface area contributed by atoms with E-state index < -0.39 is 0 Å². The normalized spacial score (nSPS) is 18.8. The summed E-state index contributed by atoms with van der Waals surface area (Å²) in [4.78, 5) is 12.5. The molecule has 4 rings (SSSR count). The molecule has 1 saturated carbocycles. The van der Waals surface area contributed by atoms with E-state index in [1.165, 1.54) is 17.5 Å². The van der Waals surface area contributed by atoms with Crippen molar-refractivity contribution in [3.8, 4) is 0 Å². The zero-order chi connectivity index (χ0) is 16.4. The molecule has 122 valence electrons. The Labute approximate surface area is 140 Å². The van der Waals surface area contributed by atoms with Crippen LogP contribution < -0.4 is 5.73 Å². The molecule has 2 N–H and O–H groups in total. The number of hydrogen-bond donors (Lipinski definition) is 1. The van der Waals surface area contributed by atoms with Crippen molar-refractivity contribution < 1.29 is 4.74 Å². The van der Waals surface area contributed by atoms with Gasteiger partial charge in [-0.25, -0.2) is 15.0 Å². The Morgan fingerprint density at radius 2 is 2.08 bits per heavy atom. The lowest BCUT2D eigenvalue weighted by molar-refractivity contribution is 0.0825. The van der Waals surface area contributed by atoms with Crippen LogP contribution in [0, 0.1) is 5.92 Å². The molecule has 1 aliphatic carbocycles. The zero-order valence-electron chi connectivity index (χ0n) is 13.3. The molecule has 0 aliphatic heterocycles. The van der Waals surface area contributed by atoms with Gasteiger partial charge in [-0.15, -0.1) is 0 Å². The lowest BCUT2D eigenvalue weighted by atomic mass is 9.80. The van der Waals surface area contributed by atoms with Gasteiger partial charge in [0.25, 0.3) is 0 Å². The monoisotopic (exact) mass is 321 g/mol. The summed E-state index contributed by atoms with van der Waals surface area (Å²) in [6.07, 6.45) is 7.55. The zero-order valence-corrected chi connectivity index (χ0v) is 13.3. The predicted molar refractivity (Wildman–Crippen MR) is 92.8 cm³/mol. The van der Waals surface area contributed by atoms with E-state index in [1.54, 1.807) is 6.33 Å². The smallest absolute Gasteiger partial charge is 0.169 e. The van der Waals surface area contributed by atoms with Crippen molar-refractivity contribution in [2.75, 3.05) is 12.3 Å². The number of rotatable bonds is 5. The summed E-state index contributed by atoms with van der Waals surface area (Å²) in [6.45, 7) is 1.40. The highest BCUT2D eigenvalue weighted by Crippen LogP contribution is 2.35. The van der Waals surface area contributed by atoms with E-state index in [2.05, 4.69) is 33.3 Å². The molecule has 1 atom stereocenters. The van der Waals surface area contributed by atoms with Crippen LogP contribution in [0.2, 0.25) is 0 Å². The van der Waals surface area contributed by atoms with Gasteiger partial charge in [0.05, 0.1) is 13.2 Å². The van der Waals surface area contributed by atoms with Crippen molar-refractivity contribution in [2.45, 2.75) is 19.4 Å². The summed E-state index contributed by atoms with van der Waals surface area (Å²) < 4.78 is 7.79. The minimum Gasteiger partial charge on any atom is -0.382 e. The van der Waals surface area contributed by atoms with E-state index >= 15 is 0 Å². The maximum atomic E-state index is 5.87. The highest BCUT2D eigenvalue weighted by atomic mass is 16.5. The number of fused-ring (bicyclic) bond motifs is 1. The van der Waals surface area contributed by atoms with E-state index in [0.717, 1.165) is 25.1 Å². The van der Waals surface area contributed by atoms with E-state index in [0.29, 0.717) is 23.9 Å². The maximum Gasteiger partial charge on any atom is 0.169 e. The second-order valence-electron chi connectivity index (χ2n) is 6.02. The number of ether oxygens (including phenoxy) is 1. The first-order valence-corrected chi connectivity index (χ1v) is 8.06. The predicted octanol–water partition coefficient (Wildman–Crippen LogP) is 2.88. The van der Waals surface area contributed by atoms with Crippen molar-refractivity contribution in [2.24, 2.45) is 5.92 Å². The summed E-state index contributed by atoms with van der Waals surface area (Å²) in [6, 6.07) is 10.2. The van der Waals surface area contributed by atoms with E-state index in [1.807, 2.05) is 22.8 Å². The molecule has 1 unspecified atom stereocenters. The Kier molecular flexibility index (Phi) is 3.96. The molecule has 6 nitrogen and oxygen atoms in total. The fraction of sp³-hybridized carbons (Fsp3) is 0.278. The number of imidazole rings is 1. The molecule has 6 heteroatoms. The Bertz CT molecular complexity index is 872. The Hall–Kier alpha value is -2.73. The van der Waals surface area contributed by atoms with Gasteiger partial charge in [-0.3, -0.25) is 4.57 Å². The van der Waals surface area contributed by atoms with Gasteiger partial charge in [-0.1, -0.05) is 30.3 Å². The third kappa shape index (κ3) is 2.88. The SMILES string of the molecule is Nc1ncnc2c1ncn2/C=C1\CCC1COCc1ccccc1. The minimum atomic E-state index is 0.411. The molecule has 1 aliphatic rings. The first-order chi connectivity index (χ1) is 11.8. The van der Waals surface area contributed by atoms with Gasteiger partial charge in [0.15, 0.2) is 17.0 Å². The van der Waals surface area contributed by atoms with E-state index in [4.69, 9.17) is 10.5 Å². The van der Waals surface area contributed by atoms with E-state index in [-0.39, 0.29) is 0 Å². The summed E-state index contributed by atoms with van der Waals surface area (Å²) in [5.74, 6) is 0.874. The van der Waals surface area contributed by atoms with E-state index in [9.17, 15) is 0 Å². The molecular formula is C18H19N5O. The number of benzene rings is 1. The van der Waals surface area contributed by atoms with Crippen LogP contribution in [0.5, 0.6) is 0 Å². The van der Waals surface area contributed by atoms with Crippen molar-refractivity contribution in [1.29, 1.82) is 0 Å². The van der Waals surface area contributed by atoms with Crippen molar-refractivity contribution in [1.82, 2.24) is 19.5 Å². The fourth-order valence-electron chi connectivity index (χ4n) is 2.91. The Balaban J connectivity index is 1.42. The van der Waals surface area contributed by atoms with Crippen molar-refractivity contribution >= 4 is 23.2 Å². The van der Waals surface area contributed by atoms with Crippen LogP contribution in [0.4, 0.5) is 5.82 Å². The second-order valence-corrected chi connectivity index (χ2v) is 6.02. The molecular weight excluding hydrogens is 302 g/mol. The molecule has 3 aromatic rings. The van der Waals surface area contributed by atoms with Crippen molar-refractivity contribution in [3.63, 3.8) is 0 Å². The molecule has 0 bridgehead atoms. The van der Waals surface area contributed by atoms with Gasteiger partial charge in [-0.05, 0) is 24.0 Å². The molecule has 0 amide bonds. The minimum absolute atomic E-state index is 0.411. The van der Waals surface area contributed by atoms with Crippen LogP contribution in [0.1, 0.15) is 18.4 Å². The quantitative estimate of drug-likeness (QED) is 0.781. The highest BCUT2D eigenvalue weighted by molar-refractivity contribution is 5.82. The van der Waals surface area contributed by atoms with Gasteiger partial charge in [-0.2, -0.15) is 0 Å². The number of nitrogen functional groups attached to an aromatic ring is 1. The lowest BCUT2D eigenvalue weighted by Crippen LogP contribution is -2.21. The van der Waals surface area contributed by atoms with Crippen molar-refractivity contribution in [3.05, 3.63) is 54.1 Å². The van der Waals surface area contributed by atoms with Crippen LogP contribution in [0.25, 0.3) is 17.4 Å². The number of nitrogens with zero attached hydrogens (tertiary/aromatic N) is 4. The molecule has 24 heavy (non-hydrogen) atoms. The third-order valence-corrected chi connectivity index (χ3v) is 4.43. The number of nitrogens with two attached hydrogens (primary N) is 1. The van der Waals surface area contributed by atoms with Crippen LogP contribution in [-0.4, -0.2) is 26.1 Å². The maximum absolute atomic E-state index is 5.87. The average molecular weight is 321 g/mol. The Morgan fingerprint density at radius 1 is 1.21 bits per heavy atom. The lowest BCUT2D eigenvalue weighted by Gasteiger charge is -2.29. The second kappa shape index (κ2) is 6.41. The van der Waals surface area contributed by atoms with Crippen LogP contribution in [0.3, 0.4) is 0 Å². The summed E-state index contributed by atoms with van der Waals surface area (Å²) in [5.41, 5.74) is 9.78. The summed E-state index contributed by atoms with van der Waals surface area (Å²) >= 11 is 0. The first kappa shape index (κ1) is 14.8. The molecule has 0 radical (unpaired) electrons. The van der Waals surface area contributed by atoms with Gasteiger partial charge >= 0.3 is 0 Å². The number of anilines is 1. The average Bonchev–Trinajstić information content (AvgIpc) is 3.01. The van der Waals surface area contributed by atoms with Crippen LogP contribution in [-0.2, 0) is 11.3 Å². The summed E-state index contributed by atoms with van der Waals surface area (Å²) in [7, 11) is 0. The molecule has 1 fully saturated rings. The first-order valence-electron chi connectivity index (χ1n) is 8.06.